The van der Waals surface area contributed by atoms with Crippen molar-refractivity contribution in [3.05, 3.63) is 84.0 Å². The highest BCUT2D eigenvalue weighted by Gasteiger charge is 2.02. The molecule has 1 heterocycles. The second-order valence-corrected chi connectivity index (χ2v) is 5.56. The number of aryl methyl sites for hydroxylation is 1. The minimum Gasteiger partial charge on any atom is -0.508 e. The Morgan fingerprint density at radius 3 is 2.52 bits per heavy atom. The summed E-state index contributed by atoms with van der Waals surface area (Å²) in [4.78, 5) is 16.3. The van der Waals surface area contributed by atoms with E-state index in [1.54, 1.807) is 24.4 Å². The molecule has 1 N–H and O–H groups in total. The zero-order chi connectivity index (χ0) is 17.6. The number of ketones is 1. The van der Waals surface area contributed by atoms with E-state index in [0.717, 1.165) is 17.1 Å². The quantitative estimate of drug-likeness (QED) is 0.552. The molecule has 1 aromatic heterocycles. The average molecular weight is 334 g/mol. The van der Waals surface area contributed by atoms with Crippen LogP contribution in [0.4, 0.5) is 0 Å². The molecule has 0 atom stereocenters. The van der Waals surface area contributed by atoms with E-state index < -0.39 is 0 Å². The van der Waals surface area contributed by atoms with Crippen molar-refractivity contribution in [3.63, 3.8) is 0 Å². The van der Waals surface area contributed by atoms with E-state index in [1.807, 2.05) is 42.1 Å². The topological polar surface area (TPSA) is 64.4 Å². The monoisotopic (exact) mass is 334 g/mol. The van der Waals surface area contributed by atoms with Crippen LogP contribution in [0, 0.1) is 0 Å². The van der Waals surface area contributed by atoms with Crippen molar-refractivity contribution >= 4 is 11.9 Å². The minimum absolute atomic E-state index is 0.116. The van der Waals surface area contributed by atoms with Gasteiger partial charge in [0.05, 0.1) is 0 Å². The molecule has 126 valence electrons. The maximum Gasteiger partial charge on any atom is 0.185 e. The summed E-state index contributed by atoms with van der Waals surface area (Å²) >= 11 is 0. The molecule has 0 saturated heterocycles. The number of hydrogen-bond acceptors (Lipinski definition) is 4. The van der Waals surface area contributed by atoms with E-state index in [-0.39, 0.29) is 11.5 Å². The van der Waals surface area contributed by atoms with Crippen LogP contribution in [-0.2, 0) is 13.7 Å². The van der Waals surface area contributed by atoms with Gasteiger partial charge in [0.15, 0.2) is 5.78 Å². The fourth-order valence-corrected chi connectivity index (χ4v) is 2.25. The van der Waals surface area contributed by atoms with Gasteiger partial charge < -0.3 is 14.4 Å². The van der Waals surface area contributed by atoms with Gasteiger partial charge in [-0.05, 0) is 48.0 Å². The highest BCUT2D eigenvalue weighted by atomic mass is 16.5. The van der Waals surface area contributed by atoms with E-state index in [0.29, 0.717) is 12.2 Å². The third-order valence-corrected chi connectivity index (χ3v) is 3.75. The normalized spacial score (nSPS) is 10.9. The molecule has 0 bridgehead atoms. The Kier molecular flexibility index (Phi) is 4.95. The first-order valence-corrected chi connectivity index (χ1v) is 7.82. The summed E-state index contributed by atoms with van der Waals surface area (Å²) in [6.07, 6.45) is 6.86. The lowest BCUT2D eigenvalue weighted by Crippen LogP contribution is -2.02. The van der Waals surface area contributed by atoms with Crippen LogP contribution >= 0.6 is 0 Å². The molecule has 5 nitrogen and oxygen atoms in total. The Morgan fingerprint density at radius 1 is 1.16 bits per heavy atom. The van der Waals surface area contributed by atoms with Gasteiger partial charge in [0.2, 0.25) is 0 Å². The van der Waals surface area contributed by atoms with Crippen molar-refractivity contribution in [3.8, 4) is 11.5 Å². The molecule has 5 heteroatoms. The zero-order valence-electron chi connectivity index (χ0n) is 13.8. The van der Waals surface area contributed by atoms with Crippen molar-refractivity contribution in [2.75, 3.05) is 0 Å². The van der Waals surface area contributed by atoms with Gasteiger partial charge in [0.1, 0.15) is 23.9 Å². The van der Waals surface area contributed by atoms with Crippen molar-refractivity contribution in [2.24, 2.45) is 7.05 Å². The largest absolute Gasteiger partial charge is 0.508 e. The molecule has 3 aromatic rings. The minimum atomic E-state index is -0.116. The summed E-state index contributed by atoms with van der Waals surface area (Å²) in [5.41, 5.74) is 1.43. The Bertz CT molecular complexity index is 878. The highest BCUT2D eigenvalue weighted by Crippen LogP contribution is 2.15. The van der Waals surface area contributed by atoms with E-state index in [4.69, 9.17) is 4.74 Å². The molecule has 0 radical (unpaired) electrons. The SMILES string of the molecule is Cn1ccnc1COc1ccc(/C=C/C(=O)c2ccc(O)cc2)cc1. The summed E-state index contributed by atoms with van der Waals surface area (Å²) in [6, 6.07) is 13.7. The molecule has 0 amide bonds. The van der Waals surface area contributed by atoms with E-state index in [1.165, 1.54) is 18.2 Å². The van der Waals surface area contributed by atoms with Gasteiger partial charge >= 0.3 is 0 Å². The predicted molar refractivity (Wildman–Crippen MR) is 95.5 cm³/mol. The summed E-state index contributed by atoms with van der Waals surface area (Å²) in [6.45, 7) is 0.401. The molecule has 0 spiro atoms. The standard InChI is InChI=1S/C20H18N2O3/c1-22-13-12-21-20(22)14-25-18-9-2-15(3-10-18)4-11-19(24)16-5-7-17(23)8-6-16/h2-13,23H,14H2,1H3/b11-4+. The lowest BCUT2D eigenvalue weighted by atomic mass is 10.1. The third-order valence-electron chi connectivity index (χ3n) is 3.75. The number of carbonyl (C=O) groups excluding carboxylic acids is 1. The molecule has 25 heavy (non-hydrogen) atoms. The summed E-state index contributed by atoms with van der Waals surface area (Å²) in [5, 5.41) is 9.25. The molecular weight excluding hydrogens is 316 g/mol. The number of aromatic nitrogens is 2. The van der Waals surface area contributed by atoms with Gasteiger partial charge in [-0.3, -0.25) is 4.79 Å². The van der Waals surface area contributed by atoms with Crippen LogP contribution in [0.5, 0.6) is 11.5 Å². The first kappa shape index (κ1) is 16.5. The average Bonchev–Trinajstić information content (AvgIpc) is 3.04. The Morgan fingerprint density at radius 2 is 1.88 bits per heavy atom. The zero-order valence-corrected chi connectivity index (χ0v) is 13.8. The second kappa shape index (κ2) is 7.49. The number of carbonyl (C=O) groups is 1. The van der Waals surface area contributed by atoms with Crippen LogP contribution in [0.15, 0.2) is 67.0 Å². The number of ether oxygens (including phenoxy) is 1. The highest BCUT2D eigenvalue weighted by molar-refractivity contribution is 6.06. The van der Waals surface area contributed by atoms with Gasteiger partial charge in [0.25, 0.3) is 0 Å². The number of rotatable bonds is 6. The number of aromatic hydroxyl groups is 1. The molecule has 2 aromatic carbocycles. The fraction of sp³-hybridized carbons (Fsp3) is 0.100. The van der Waals surface area contributed by atoms with Gasteiger partial charge in [-0.2, -0.15) is 0 Å². The Labute approximate surface area is 145 Å². The van der Waals surface area contributed by atoms with Gasteiger partial charge in [-0.1, -0.05) is 18.2 Å². The van der Waals surface area contributed by atoms with Gasteiger partial charge in [-0.25, -0.2) is 4.98 Å². The molecule has 0 saturated carbocycles. The van der Waals surface area contributed by atoms with Crippen molar-refractivity contribution < 1.29 is 14.6 Å². The maximum absolute atomic E-state index is 12.1. The molecule has 0 fully saturated rings. The van der Waals surface area contributed by atoms with Crippen LogP contribution in [0.25, 0.3) is 6.08 Å². The van der Waals surface area contributed by atoms with E-state index in [2.05, 4.69) is 4.98 Å². The van der Waals surface area contributed by atoms with Gasteiger partial charge in [-0.15, -0.1) is 0 Å². The van der Waals surface area contributed by atoms with Gasteiger partial charge in [0, 0.05) is 25.0 Å². The lowest BCUT2D eigenvalue weighted by Gasteiger charge is -2.06. The fourth-order valence-electron chi connectivity index (χ4n) is 2.25. The number of imidazole rings is 1. The number of phenolic OH excluding ortho intramolecular Hbond substituents is 1. The lowest BCUT2D eigenvalue weighted by molar-refractivity contribution is 0.104. The Balaban J connectivity index is 1.59. The predicted octanol–water partition coefficient (Wildman–Crippen LogP) is 3.60. The first-order chi connectivity index (χ1) is 12.1. The number of benzene rings is 2. The Hall–Kier alpha value is -3.34. The third kappa shape index (κ3) is 4.35. The van der Waals surface area contributed by atoms with Crippen LogP contribution in [0.3, 0.4) is 0 Å². The van der Waals surface area contributed by atoms with Crippen molar-refractivity contribution in [2.45, 2.75) is 6.61 Å². The number of nitrogens with zero attached hydrogens (tertiary/aromatic N) is 2. The summed E-state index contributed by atoms with van der Waals surface area (Å²) in [5.74, 6) is 1.62. The molecule has 0 unspecified atom stereocenters. The van der Waals surface area contributed by atoms with Crippen molar-refractivity contribution in [1.82, 2.24) is 9.55 Å². The molecule has 0 aliphatic rings. The van der Waals surface area contributed by atoms with Crippen LogP contribution in [-0.4, -0.2) is 20.4 Å². The molecule has 0 aliphatic carbocycles. The smallest absolute Gasteiger partial charge is 0.185 e. The van der Waals surface area contributed by atoms with Crippen LogP contribution in [0.2, 0.25) is 0 Å². The number of hydrogen-bond donors (Lipinski definition) is 1. The maximum atomic E-state index is 12.1. The van der Waals surface area contributed by atoms with Crippen LogP contribution in [0.1, 0.15) is 21.7 Å². The molecular formula is C20H18N2O3. The van der Waals surface area contributed by atoms with Crippen LogP contribution < -0.4 is 4.74 Å². The van der Waals surface area contributed by atoms with E-state index >= 15 is 0 Å². The van der Waals surface area contributed by atoms with E-state index in [9.17, 15) is 9.90 Å². The molecule has 0 aliphatic heterocycles. The summed E-state index contributed by atoms with van der Waals surface area (Å²) in [7, 11) is 1.92. The second-order valence-electron chi connectivity index (χ2n) is 5.56. The summed E-state index contributed by atoms with van der Waals surface area (Å²) < 4.78 is 7.60. The first-order valence-electron chi connectivity index (χ1n) is 7.82. The van der Waals surface area contributed by atoms with Crippen molar-refractivity contribution in [1.29, 1.82) is 0 Å². The number of phenols is 1. The number of allylic oxidation sites excluding steroid dienone is 1. The molecule has 3 rings (SSSR count).